The van der Waals surface area contributed by atoms with E-state index in [1.165, 1.54) is 16.6 Å². The van der Waals surface area contributed by atoms with Gasteiger partial charge in [-0.3, -0.25) is 4.79 Å². The van der Waals surface area contributed by atoms with Gasteiger partial charge in [-0.1, -0.05) is 18.2 Å². The molecule has 1 aliphatic rings. The largest absolute Gasteiger partial charge is 0.478 e. The van der Waals surface area contributed by atoms with Crippen LogP contribution in [0.15, 0.2) is 24.3 Å². The van der Waals surface area contributed by atoms with Crippen molar-refractivity contribution in [1.29, 1.82) is 0 Å². The summed E-state index contributed by atoms with van der Waals surface area (Å²) in [5.41, 5.74) is 0.842. The van der Waals surface area contributed by atoms with E-state index in [0.717, 1.165) is 6.42 Å². The van der Waals surface area contributed by atoms with E-state index in [1.54, 1.807) is 18.2 Å². The summed E-state index contributed by atoms with van der Waals surface area (Å²) in [4.78, 5) is 23.1. The van der Waals surface area contributed by atoms with Gasteiger partial charge in [0, 0.05) is 26.1 Å². The molecule has 1 fully saturated rings. The Bertz CT molecular complexity index is 717. The van der Waals surface area contributed by atoms with Crippen LogP contribution in [0.25, 0.3) is 0 Å². The van der Waals surface area contributed by atoms with Gasteiger partial charge in [-0.05, 0) is 30.4 Å². The number of amides is 1. The number of carbonyl (C=O) groups excluding carboxylic acids is 1. The van der Waals surface area contributed by atoms with Crippen molar-refractivity contribution in [2.24, 2.45) is 5.92 Å². The molecule has 0 aromatic heterocycles. The van der Waals surface area contributed by atoms with Crippen molar-refractivity contribution >= 4 is 21.9 Å². The minimum atomic E-state index is -3.17. The first-order chi connectivity index (χ1) is 11.3. The molecule has 1 aliphatic heterocycles. The molecule has 1 heterocycles. The fourth-order valence-corrected chi connectivity index (χ4v) is 3.73. The molecule has 1 atom stereocenters. The van der Waals surface area contributed by atoms with Gasteiger partial charge in [0.15, 0.2) is 0 Å². The highest BCUT2D eigenvalue weighted by Gasteiger charge is 2.28. The van der Waals surface area contributed by atoms with Gasteiger partial charge in [0.25, 0.3) is 0 Å². The molecule has 0 aliphatic carbocycles. The fourth-order valence-electron chi connectivity index (χ4n) is 2.81. The van der Waals surface area contributed by atoms with Crippen molar-refractivity contribution in [3.8, 4) is 0 Å². The lowest BCUT2D eigenvalue weighted by Crippen LogP contribution is -2.32. The van der Waals surface area contributed by atoms with E-state index >= 15 is 0 Å². The van der Waals surface area contributed by atoms with Crippen LogP contribution in [0.1, 0.15) is 28.8 Å². The summed E-state index contributed by atoms with van der Waals surface area (Å²) in [5, 5.41) is 11.9. The smallest absolute Gasteiger partial charge is 0.335 e. The van der Waals surface area contributed by atoms with Gasteiger partial charge in [0.2, 0.25) is 15.9 Å². The van der Waals surface area contributed by atoms with E-state index in [-0.39, 0.29) is 23.8 Å². The van der Waals surface area contributed by atoms with Crippen molar-refractivity contribution in [3.63, 3.8) is 0 Å². The molecule has 0 spiro atoms. The van der Waals surface area contributed by atoms with E-state index in [2.05, 4.69) is 5.32 Å². The van der Waals surface area contributed by atoms with Gasteiger partial charge in [-0.2, -0.15) is 0 Å². The molecule has 0 bridgehead atoms. The van der Waals surface area contributed by atoms with Crippen LogP contribution in [-0.4, -0.2) is 55.6 Å². The molecule has 1 aromatic rings. The molecule has 8 heteroatoms. The van der Waals surface area contributed by atoms with Crippen molar-refractivity contribution in [2.45, 2.75) is 19.3 Å². The van der Waals surface area contributed by atoms with Crippen LogP contribution >= 0.6 is 0 Å². The normalized spacial score (nSPS) is 18.5. The number of hydrogen-bond donors (Lipinski definition) is 2. The maximum Gasteiger partial charge on any atom is 0.335 e. The highest BCUT2D eigenvalue weighted by Crippen LogP contribution is 2.18. The lowest BCUT2D eigenvalue weighted by Gasteiger charge is -2.14. The Morgan fingerprint density at radius 3 is 2.67 bits per heavy atom. The highest BCUT2D eigenvalue weighted by atomic mass is 32.2. The van der Waals surface area contributed by atoms with Gasteiger partial charge in [0.05, 0.1) is 11.8 Å². The Hall–Kier alpha value is -1.93. The molecule has 1 unspecified atom stereocenters. The monoisotopic (exact) mass is 354 g/mol. The number of nitrogens with zero attached hydrogens (tertiary/aromatic N) is 1. The van der Waals surface area contributed by atoms with Gasteiger partial charge in [0.1, 0.15) is 0 Å². The quantitative estimate of drug-likeness (QED) is 0.751. The standard InChI is InChI=1S/C16H22N2O5S/c1-24(22,23)18-9-8-12(11-18)10-17-15(19)7-6-13-4-2-3-5-14(13)16(20)21/h2-5,12H,6-11H2,1H3,(H,17,19)(H,20,21). The Balaban J connectivity index is 1.78. The van der Waals surface area contributed by atoms with Gasteiger partial charge >= 0.3 is 5.97 Å². The van der Waals surface area contributed by atoms with Crippen molar-refractivity contribution in [2.75, 3.05) is 25.9 Å². The third kappa shape index (κ3) is 5.04. The molecule has 7 nitrogen and oxygen atoms in total. The summed E-state index contributed by atoms with van der Waals surface area (Å²) in [6.07, 6.45) is 2.48. The van der Waals surface area contributed by atoms with Crippen LogP contribution in [0.2, 0.25) is 0 Å². The number of benzene rings is 1. The first kappa shape index (κ1) is 18.4. The first-order valence-electron chi connectivity index (χ1n) is 7.80. The average Bonchev–Trinajstić information content (AvgIpc) is 3.00. The Labute approximate surface area is 141 Å². The predicted molar refractivity (Wildman–Crippen MR) is 89.3 cm³/mol. The Kier molecular flexibility index (Phi) is 5.95. The maximum absolute atomic E-state index is 11.9. The lowest BCUT2D eigenvalue weighted by molar-refractivity contribution is -0.121. The molecule has 132 valence electrons. The molecule has 1 aromatic carbocycles. The number of sulfonamides is 1. The van der Waals surface area contributed by atoms with Crippen molar-refractivity contribution < 1.29 is 23.1 Å². The summed E-state index contributed by atoms with van der Waals surface area (Å²) >= 11 is 0. The van der Waals surface area contributed by atoms with Crippen LogP contribution in [-0.2, 0) is 21.2 Å². The summed E-state index contributed by atoms with van der Waals surface area (Å²) < 4.78 is 24.3. The average molecular weight is 354 g/mol. The second-order valence-corrected chi connectivity index (χ2v) is 8.02. The fraction of sp³-hybridized carbons (Fsp3) is 0.500. The summed E-state index contributed by atoms with van der Waals surface area (Å²) in [6, 6.07) is 6.63. The minimum absolute atomic E-state index is 0.120. The number of aryl methyl sites for hydroxylation is 1. The van der Waals surface area contributed by atoms with Gasteiger partial charge in [-0.15, -0.1) is 0 Å². The number of carboxylic acid groups (broad SMARTS) is 1. The molecule has 0 radical (unpaired) electrons. The highest BCUT2D eigenvalue weighted by molar-refractivity contribution is 7.88. The molecule has 24 heavy (non-hydrogen) atoms. The number of aromatic carboxylic acids is 1. The van der Waals surface area contributed by atoms with Crippen molar-refractivity contribution in [1.82, 2.24) is 9.62 Å². The van der Waals surface area contributed by atoms with Crippen LogP contribution in [0.4, 0.5) is 0 Å². The molecular weight excluding hydrogens is 332 g/mol. The molecule has 1 amide bonds. The van der Waals surface area contributed by atoms with E-state index in [0.29, 0.717) is 31.6 Å². The predicted octanol–water partition coefficient (Wildman–Crippen LogP) is 0.715. The van der Waals surface area contributed by atoms with Crippen LogP contribution < -0.4 is 5.32 Å². The van der Waals surface area contributed by atoms with Crippen LogP contribution in [0, 0.1) is 5.92 Å². The number of nitrogens with one attached hydrogen (secondary N) is 1. The van der Waals surface area contributed by atoms with E-state index in [9.17, 15) is 18.0 Å². The Morgan fingerprint density at radius 2 is 2.04 bits per heavy atom. The maximum atomic E-state index is 11.9. The number of carbonyl (C=O) groups is 2. The summed E-state index contributed by atoms with van der Waals surface area (Å²) in [7, 11) is -3.17. The molecule has 2 N–H and O–H groups in total. The summed E-state index contributed by atoms with van der Waals surface area (Å²) in [6.45, 7) is 1.36. The number of hydrogen-bond acceptors (Lipinski definition) is 4. The molecule has 1 saturated heterocycles. The van der Waals surface area contributed by atoms with Gasteiger partial charge < -0.3 is 10.4 Å². The zero-order valence-corrected chi connectivity index (χ0v) is 14.4. The molecular formula is C16H22N2O5S. The Morgan fingerprint density at radius 1 is 1.33 bits per heavy atom. The third-order valence-electron chi connectivity index (χ3n) is 4.17. The lowest BCUT2D eigenvalue weighted by atomic mass is 10.0. The van der Waals surface area contributed by atoms with Gasteiger partial charge in [-0.25, -0.2) is 17.5 Å². The van der Waals surface area contributed by atoms with E-state index < -0.39 is 16.0 Å². The number of rotatable bonds is 7. The van der Waals surface area contributed by atoms with E-state index in [4.69, 9.17) is 5.11 Å². The first-order valence-corrected chi connectivity index (χ1v) is 9.65. The number of carboxylic acids is 1. The second kappa shape index (κ2) is 7.76. The zero-order chi connectivity index (χ0) is 17.7. The SMILES string of the molecule is CS(=O)(=O)N1CCC(CNC(=O)CCc2ccccc2C(=O)O)C1. The van der Waals surface area contributed by atoms with Crippen LogP contribution in [0.5, 0.6) is 0 Å². The zero-order valence-electron chi connectivity index (χ0n) is 13.6. The van der Waals surface area contributed by atoms with Crippen molar-refractivity contribution in [3.05, 3.63) is 35.4 Å². The van der Waals surface area contributed by atoms with Crippen LogP contribution in [0.3, 0.4) is 0 Å². The topological polar surface area (TPSA) is 104 Å². The third-order valence-corrected chi connectivity index (χ3v) is 5.44. The molecule has 2 rings (SSSR count). The minimum Gasteiger partial charge on any atom is -0.478 e. The second-order valence-electron chi connectivity index (χ2n) is 6.04. The summed E-state index contributed by atoms with van der Waals surface area (Å²) in [5.74, 6) is -1.04. The molecule has 0 saturated carbocycles. The van der Waals surface area contributed by atoms with E-state index in [1.807, 2.05) is 0 Å².